The average Bonchev–Trinajstić information content (AvgIpc) is 3.30. The Morgan fingerprint density at radius 1 is 1.12 bits per heavy atom. The van der Waals surface area contributed by atoms with E-state index in [0.717, 1.165) is 34.3 Å². The first-order chi connectivity index (χ1) is 11.8. The third-order valence-corrected chi connectivity index (χ3v) is 5.49. The number of carbonyl (C=O) groups excluding carboxylic acids is 1. The number of aromatic nitrogens is 4. The lowest BCUT2D eigenvalue weighted by Crippen LogP contribution is -2.10. The van der Waals surface area contributed by atoms with Crippen molar-refractivity contribution in [2.75, 3.05) is 5.75 Å². The largest absolute Gasteiger partial charge is 0.293 e. The lowest BCUT2D eigenvalue weighted by molar-refractivity contribution is 0.102. The lowest BCUT2D eigenvalue weighted by Gasteiger charge is -2.10. The second-order valence-electron chi connectivity index (χ2n) is 6.08. The smallest absolute Gasteiger partial charge is 0.210 e. The van der Waals surface area contributed by atoms with E-state index in [1.807, 2.05) is 47.1 Å². The van der Waals surface area contributed by atoms with Crippen LogP contribution in [0.4, 0.5) is 0 Å². The molecule has 0 bridgehead atoms. The van der Waals surface area contributed by atoms with Gasteiger partial charge < -0.3 is 0 Å². The van der Waals surface area contributed by atoms with Crippen LogP contribution in [0.5, 0.6) is 0 Å². The molecule has 0 N–H and O–H groups in total. The van der Waals surface area contributed by atoms with E-state index in [1.54, 1.807) is 0 Å². The van der Waals surface area contributed by atoms with Crippen LogP contribution in [-0.4, -0.2) is 31.7 Å². The van der Waals surface area contributed by atoms with E-state index in [9.17, 15) is 4.79 Å². The van der Waals surface area contributed by atoms with E-state index in [4.69, 9.17) is 0 Å². The number of hydrogen-bond acceptors (Lipinski definition) is 5. The zero-order chi connectivity index (χ0) is 16.4. The molecule has 122 valence electrons. The average molecular weight is 338 g/mol. The van der Waals surface area contributed by atoms with Gasteiger partial charge in [0.1, 0.15) is 0 Å². The van der Waals surface area contributed by atoms with Crippen molar-refractivity contribution in [2.24, 2.45) is 0 Å². The van der Waals surface area contributed by atoms with Crippen molar-refractivity contribution < 1.29 is 4.79 Å². The number of ketones is 1. The molecule has 3 aromatic rings. The Labute approximate surface area is 144 Å². The van der Waals surface area contributed by atoms with Crippen LogP contribution >= 0.6 is 11.8 Å². The van der Waals surface area contributed by atoms with Gasteiger partial charge in [-0.3, -0.25) is 4.79 Å². The molecule has 4 rings (SSSR count). The SMILES string of the molecule is O=C(CSc1nnnn1C1CCCC1)c1cccc2ccccc12. The Bertz CT molecular complexity index is 865. The van der Waals surface area contributed by atoms with Crippen molar-refractivity contribution in [3.05, 3.63) is 48.0 Å². The molecule has 2 aromatic carbocycles. The lowest BCUT2D eigenvalue weighted by atomic mass is 10.0. The Hall–Kier alpha value is -2.21. The van der Waals surface area contributed by atoms with Gasteiger partial charge in [-0.25, -0.2) is 4.68 Å². The Morgan fingerprint density at radius 3 is 2.79 bits per heavy atom. The number of Topliss-reactive ketones (excluding diaryl/α,β-unsaturated/α-hetero) is 1. The van der Waals surface area contributed by atoms with Crippen molar-refractivity contribution in [3.8, 4) is 0 Å². The minimum absolute atomic E-state index is 0.109. The number of tetrazole rings is 1. The van der Waals surface area contributed by atoms with E-state index in [-0.39, 0.29) is 5.78 Å². The van der Waals surface area contributed by atoms with Crippen molar-refractivity contribution in [2.45, 2.75) is 36.9 Å². The summed E-state index contributed by atoms with van der Waals surface area (Å²) in [6, 6.07) is 14.2. The summed E-state index contributed by atoms with van der Waals surface area (Å²) in [4.78, 5) is 12.7. The third kappa shape index (κ3) is 2.94. The molecule has 1 saturated carbocycles. The van der Waals surface area contributed by atoms with Gasteiger partial charge in [0.15, 0.2) is 5.78 Å². The molecular weight excluding hydrogens is 320 g/mol. The summed E-state index contributed by atoms with van der Waals surface area (Å²) in [6.07, 6.45) is 4.69. The molecular formula is C18H18N4OS. The predicted molar refractivity (Wildman–Crippen MR) is 94.3 cm³/mol. The minimum atomic E-state index is 0.109. The third-order valence-electron chi connectivity index (χ3n) is 4.56. The summed E-state index contributed by atoms with van der Waals surface area (Å²) < 4.78 is 1.90. The fourth-order valence-electron chi connectivity index (χ4n) is 3.33. The highest BCUT2D eigenvalue weighted by atomic mass is 32.2. The van der Waals surface area contributed by atoms with Crippen LogP contribution in [0, 0.1) is 0 Å². The molecule has 1 fully saturated rings. The Kier molecular flexibility index (Phi) is 4.30. The van der Waals surface area contributed by atoms with E-state index in [1.165, 1.54) is 24.6 Å². The quantitative estimate of drug-likeness (QED) is 0.521. The number of hydrogen-bond donors (Lipinski definition) is 0. The normalized spacial score (nSPS) is 15.2. The van der Waals surface area contributed by atoms with Gasteiger partial charge in [0.2, 0.25) is 5.16 Å². The zero-order valence-corrected chi connectivity index (χ0v) is 14.1. The van der Waals surface area contributed by atoms with Gasteiger partial charge in [-0.15, -0.1) is 5.10 Å². The highest BCUT2D eigenvalue weighted by Crippen LogP contribution is 2.31. The first-order valence-electron chi connectivity index (χ1n) is 8.24. The molecule has 6 heteroatoms. The van der Waals surface area contributed by atoms with E-state index in [0.29, 0.717) is 11.8 Å². The molecule has 1 aromatic heterocycles. The molecule has 0 radical (unpaired) electrons. The van der Waals surface area contributed by atoms with Crippen LogP contribution in [0.25, 0.3) is 10.8 Å². The number of benzene rings is 2. The first-order valence-corrected chi connectivity index (χ1v) is 9.23. The van der Waals surface area contributed by atoms with E-state index in [2.05, 4.69) is 15.5 Å². The second kappa shape index (κ2) is 6.73. The number of carbonyl (C=O) groups is 1. The van der Waals surface area contributed by atoms with Gasteiger partial charge in [-0.2, -0.15) is 0 Å². The Balaban J connectivity index is 1.52. The van der Waals surface area contributed by atoms with Gasteiger partial charge in [0.05, 0.1) is 11.8 Å². The molecule has 0 saturated heterocycles. The summed E-state index contributed by atoms with van der Waals surface area (Å²) in [5.41, 5.74) is 0.764. The molecule has 0 aliphatic heterocycles. The van der Waals surface area contributed by atoms with Crippen LogP contribution in [0.2, 0.25) is 0 Å². The maximum atomic E-state index is 12.7. The fourth-order valence-corrected chi connectivity index (χ4v) is 4.16. The second-order valence-corrected chi connectivity index (χ2v) is 7.03. The molecule has 0 spiro atoms. The van der Waals surface area contributed by atoms with Crippen LogP contribution in [0.1, 0.15) is 42.1 Å². The van der Waals surface area contributed by atoms with Gasteiger partial charge in [0, 0.05) is 5.56 Å². The standard InChI is InChI=1S/C18H18N4OS/c23-17(16-11-5-7-13-6-1-4-10-15(13)16)12-24-18-19-20-21-22(18)14-8-2-3-9-14/h1,4-7,10-11,14H,2-3,8-9,12H2. The van der Waals surface area contributed by atoms with Crippen molar-refractivity contribution in [1.29, 1.82) is 0 Å². The van der Waals surface area contributed by atoms with Crippen LogP contribution < -0.4 is 0 Å². The first kappa shape index (κ1) is 15.3. The maximum Gasteiger partial charge on any atom is 0.210 e. The highest BCUT2D eigenvalue weighted by molar-refractivity contribution is 7.99. The number of fused-ring (bicyclic) bond motifs is 1. The molecule has 0 unspecified atom stereocenters. The topological polar surface area (TPSA) is 60.7 Å². The Morgan fingerprint density at radius 2 is 1.92 bits per heavy atom. The molecule has 1 aliphatic rings. The molecule has 1 heterocycles. The number of nitrogens with zero attached hydrogens (tertiary/aromatic N) is 4. The van der Waals surface area contributed by atoms with Gasteiger partial charge in [-0.1, -0.05) is 67.1 Å². The van der Waals surface area contributed by atoms with Gasteiger partial charge in [-0.05, 0) is 34.0 Å². The molecule has 0 atom stereocenters. The van der Waals surface area contributed by atoms with E-state index >= 15 is 0 Å². The summed E-state index contributed by atoms with van der Waals surface area (Å²) in [7, 11) is 0. The molecule has 24 heavy (non-hydrogen) atoms. The van der Waals surface area contributed by atoms with Crippen molar-refractivity contribution >= 4 is 28.3 Å². The van der Waals surface area contributed by atoms with Crippen LogP contribution in [0.3, 0.4) is 0 Å². The highest BCUT2D eigenvalue weighted by Gasteiger charge is 2.22. The van der Waals surface area contributed by atoms with E-state index < -0.39 is 0 Å². The number of rotatable bonds is 5. The summed E-state index contributed by atoms with van der Waals surface area (Å²) in [5.74, 6) is 0.457. The maximum absolute atomic E-state index is 12.7. The van der Waals surface area contributed by atoms with Gasteiger partial charge >= 0.3 is 0 Å². The van der Waals surface area contributed by atoms with Crippen molar-refractivity contribution in [3.63, 3.8) is 0 Å². The predicted octanol–water partition coefficient (Wildman–Crippen LogP) is 3.92. The summed E-state index contributed by atoms with van der Waals surface area (Å²) in [6.45, 7) is 0. The summed E-state index contributed by atoms with van der Waals surface area (Å²) in [5, 5.41) is 14.9. The monoisotopic (exact) mass is 338 g/mol. The molecule has 0 amide bonds. The zero-order valence-electron chi connectivity index (χ0n) is 13.3. The minimum Gasteiger partial charge on any atom is -0.293 e. The molecule has 1 aliphatic carbocycles. The molecule has 5 nitrogen and oxygen atoms in total. The van der Waals surface area contributed by atoms with Gasteiger partial charge in [0.25, 0.3) is 0 Å². The van der Waals surface area contributed by atoms with Crippen LogP contribution in [0.15, 0.2) is 47.6 Å². The van der Waals surface area contributed by atoms with Crippen molar-refractivity contribution in [1.82, 2.24) is 20.2 Å². The fraction of sp³-hybridized carbons (Fsp3) is 0.333. The summed E-state index contributed by atoms with van der Waals surface area (Å²) >= 11 is 1.43. The number of thioether (sulfide) groups is 1. The van der Waals surface area contributed by atoms with Crippen LogP contribution in [-0.2, 0) is 0 Å².